The van der Waals surface area contributed by atoms with Crippen LogP contribution in [-0.4, -0.2) is 53.4 Å². The maximum atomic E-state index is 13.1. The number of benzene rings is 1. The first kappa shape index (κ1) is 24.0. The zero-order valence-corrected chi connectivity index (χ0v) is 20.0. The van der Waals surface area contributed by atoms with Crippen LogP contribution in [0, 0.1) is 6.92 Å². The Hall–Kier alpha value is -1.65. The minimum atomic E-state index is -4.60. The lowest BCUT2D eigenvalue weighted by Crippen LogP contribution is -2.55. The van der Waals surface area contributed by atoms with Gasteiger partial charge < -0.3 is 14.5 Å². The van der Waals surface area contributed by atoms with Gasteiger partial charge in [0.15, 0.2) is 5.69 Å². The van der Waals surface area contributed by atoms with Crippen LogP contribution >= 0.6 is 39.1 Å². The Morgan fingerprint density at radius 2 is 1.97 bits per heavy atom. The summed E-state index contributed by atoms with van der Waals surface area (Å²) in [5.41, 5.74) is -0.0578. The van der Waals surface area contributed by atoms with Crippen molar-refractivity contribution >= 4 is 50.7 Å². The number of piperazine rings is 1. The number of methoxy groups -OCH3 is 1. The fourth-order valence-electron chi connectivity index (χ4n) is 3.54. The number of rotatable bonds is 4. The highest BCUT2D eigenvalue weighted by Crippen LogP contribution is 2.37. The third kappa shape index (κ3) is 4.90. The number of amides is 1. The Balaban J connectivity index is 1.73. The van der Waals surface area contributed by atoms with Crippen LogP contribution in [0.4, 0.5) is 18.9 Å². The average Bonchev–Trinajstić information content (AvgIpc) is 2.96. The molecule has 170 valence electrons. The smallest absolute Gasteiger partial charge is 0.436 e. The summed E-state index contributed by atoms with van der Waals surface area (Å²) < 4.78 is 45.4. The van der Waals surface area contributed by atoms with Crippen LogP contribution in [0.15, 0.2) is 16.6 Å². The Kier molecular flexibility index (Phi) is 7.02. The number of anilines is 1. The summed E-state index contributed by atoms with van der Waals surface area (Å²) in [6.07, 6.45) is -4.60. The van der Waals surface area contributed by atoms with Crippen molar-refractivity contribution in [2.75, 3.05) is 31.6 Å². The molecule has 2 heterocycles. The molecule has 1 aromatic heterocycles. The summed E-state index contributed by atoms with van der Waals surface area (Å²) in [6, 6.07) is 3.16. The van der Waals surface area contributed by atoms with E-state index in [0.29, 0.717) is 35.4 Å². The predicted molar refractivity (Wildman–Crippen MR) is 116 cm³/mol. The first-order chi connectivity index (χ1) is 14.4. The molecule has 12 heteroatoms. The number of ether oxygens (including phenoxy) is 1. The molecule has 1 fully saturated rings. The summed E-state index contributed by atoms with van der Waals surface area (Å²) in [5, 5.41) is 4.45. The van der Waals surface area contributed by atoms with Gasteiger partial charge in [0.05, 0.1) is 33.0 Å². The van der Waals surface area contributed by atoms with E-state index in [1.54, 1.807) is 17.0 Å². The highest BCUT2D eigenvalue weighted by atomic mass is 79.9. The van der Waals surface area contributed by atoms with Gasteiger partial charge >= 0.3 is 6.18 Å². The highest BCUT2D eigenvalue weighted by molar-refractivity contribution is 9.10. The summed E-state index contributed by atoms with van der Waals surface area (Å²) >= 11 is 15.4. The second-order valence-corrected chi connectivity index (χ2v) is 8.83. The topological polar surface area (TPSA) is 50.6 Å². The van der Waals surface area contributed by atoms with Crippen molar-refractivity contribution in [3.05, 3.63) is 38.0 Å². The van der Waals surface area contributed by atoms with Crippen LogP contribution < -0.4 is 9.64 Å². The van der Waals surface area contributed by atoms with Crippen molar-refractivity contribution in [3.8, 4) is 5.75 Å². The lowest BCUT2D eigenvalue weighted by Gasteiger charge is -2.41. The molecule has 1 amide bonds. The molecule has 0 radical (unpaired) electrons. The molecule has 2 aromatic rings. The van der Waals surface area contributed by atoms with Crippen molar-refractivity contribution in [2.24, 2.45) is 0 Å². The second kappa shape index (κ2) is 9.07. The van der Waals surface area contributed by atoms with Crippen molar-refractivity contribution in [2.45, 2.75) is 32.6 Å². The summed E-state index contributed by atoms with van der Waals surface area (Å²) in [5.74, 6) is 0.186. The van der Waals surface area contributed by atoms with Gasteiger partial charge in [0, 0.05) is 31.7 Å². The van der Waals surface area contributed by atoms with Crippen molar-refractivity contribution in [1.29, 1.82) is 0 Å². The SMILES string of the molecule is COc1cc(N2CCN(C(=O)Cn3nc(C(F)(F)F)c(Br)c3C)C(C)C2)c(Cl)cc1Cl. The van der Waals surface area contributed by atoms with E-state index in [4.69, 9.17) is 27.9 Å². The minimum absolute atomic E-state index is 0.156. The van der Waals surface area contributed by atoms with Gasteiger partial charge in [-0.25, -0.2) is 0 Å². The Bertz CT molecular complexity index is 1000. The molecule has 0 N–H and O–H groups in total. The van der Waals surface area contributed by atoms with Crippen molar-refractivity contribution in [1.82, 2.24) is 14.7 Å². The lowest BCUT2D eigenvalue weighted by molar-refractivity contribution is -0.143. The Morgan fingerprint density at radius 3 is 2.52 bits per heavy atom. The minimum Gasteiger partial charge on any atom is -0.495 e. The summed E-state index contributed by atoms with van der Waals surface area (Å²) in [6.45, 7) is 4.45. The van der Waals surface area contributed by atoms with E-state index < -0.39 is 11.9 Å². The summed E-state index contributed by atoms with van der Waals surface area (Å²) in [7, 11) is 1.51. The fourth-order valence-corrected chi connectivity index (χ4v) is 4.63. The number of carbonyl (C=O) groups is 1. The van der Waals surface area contributed by atoms with E-state index in [1.807, 2.05) is 11.8 Å². The fraction of sp³-hybridized carbons (Fsp3) is 0.474. The lowest BCUT2D eigenvalue weighted by atomic mass is 10.1. The molecule has 1 aromatic carbocycles. The van der Waals surface area contributed by atoms with E-state index in [1.165, 1.54) is 14.0 Å². The maximum Gasteiger partial charge on any atom is 0.436 e. The van der Waals surface area contributed by atoms with Gasteiger partial charge in [-0.2, -0.15) is 18.3 Å². The molecule has 3 rings (SSSR count). The molecule has 0 saturated carbocycles. The first-order valence-corrected chi connectivity index (χ1v) is 10.9. The van der Waals surface area contributed by atoms with Gasteiger partial charge in [0.2, 0.25) is 5.91 Å². The van der Waals surface area contributed by atoms with Crippen LogP contribution in [0.1, 0.15) is 18.3 Å². The first-order valence-electron chi connectivity index (χ1n) is 9.31. The van der Waals surface area contributed by atoms with Crippen LogP contribution in [0.2, 0.25) is 10.0 Å². The maximum absolute atomic E-state index is 13.1. The Labute approximate surface area is 196 Å². The van der Waals surface area contributed by atoms with E-state index in [9.17, 15) is 18.0 Å². The normalized spacial score (nSPS) is 17.3. The molecule has 0 bridgehead atoms. The standard InChI is InChI=1S/C19H20BrCl2F3N4O2/c1-10-8-27(14-7-15(31-3)13(22)6-12(14)21)4-5-28(10)16(30)9-29-11(2)17(20)18(26-29)19(23,24)25/h6-7,10H,4-5,8-9H2,1-3H3. The molecule has 31 heavy (non-hydrogen) atoms. The average molecular weight is 544 g/mol. The molecule has 1 saturated heterocycles. The van der Waals surface area contributed by atoms with Gasteiger partial charge in [-0.05, 0) is 35.8 Å². The van der Waals surface area contributed by atoms with Gasteiger partial charge in [-0.15, -0.1) is 0 Å². The number of carbonyl (C=O) groups excluding carboxylic acids is 1. The van der Waals surface area contributed by atoms with E-state index >= 15 is 0 Å². The van der Waals surface area contributed by atoms with Gasteiger partial charge in [-0.1, -0.05) is 23.2 Å². The largest absolute Gasteiger partial charge is 0.495 e. The third-order valence-electron chi connectivity index (χ3n) is 5.20. The highest BCUT2D eigenvalue weighted by Gasteiger charge is 2.38. The molecular formula is C19H20BrCl2F3N4O2. The molecule has 0 spiro atoms. The zero-order valence-electron chi connectivity index (χ0n) is 16.9. The number of halogens is 6. The molecule has 1 unspecified atom stereocenters. The van der Waals surface area contributed by atoms with Crippen molar-refractivity contribution < 1.29 is 22.7 Å². The zero-order chi connectivity index (χ0) is 23.1. The number of alkyl halides is 3. The molecule has 0 aliphatic carbocycles. The number of nitrogens with zero attached hydrogens (tertiary/aromatic N) is 4. The van der Waals surface area contributed by atoms with Crippen LogP contribution in [0.3, 0.4) is 0 Å². The number of aromatic nitrogens is 2. The Morgan fingerprint density at radius 1 is 1.29 bits per heavy atom. The monoisotopic (exact) mass is 542 g/mol. The van der Waals surface area contributed by atoms with Crippen LogP contribution in [-0.2, 0) is 17.5 Å². The molecule has 1 aliphatic rings. The number of hydrogen-bond acceptors (Lipinski definition) is 4. The number of hydrogen-bond donors (Lipinski definition) is 0. The second-order valence-electron chi connectivity index (χ2n) is 7.22. The van der Waals surface area contributed by atoms with Gasteiger partial charge in [-0.3, -0.25) is 9.48 Å². The predicted octanol–water partition coefficient (Wildman–Crippen LogP) is 5.03. The van der Waals surface area contributed by atoms with Gasteiger partial charge in [0.1, 0.15) is 12.3 Å². The third-order valence-corrected chi connectivity index (χ3v) is 6.74. The van der Waals surface area contributed by atoms with Crippen LogP contribution in [0.25, 0.3) is 0 Å². The summed E-state index contributed by atoms with van der Waals surface area (Å²) in [4.78, 5) is 16.5. The molecule has 6 nitrogen and oxygen atoms in total. The van der Waals surface area contributed by atoms with Crippen molar-refractivity contribution in [3.63, 3.8) is 0 Å². The van der Waals surface area contributed by atoms with Crippen LogP contribution in [0.5, 0.6) is 5.75 Å². The van der Waals surface area contributed by atoms with E-state index in [0.717, 1.165) is 10.4 Å². The molecular weight excluding hydrogens is 524 g/mol. The quantitative estimate of drug-likeness (QED) is 0.543. The van der Waals surface area contributed by atoms with E-state index in [-0.39, 0.29) is 28.7 Å². The van der Waals surface area contributed by atoms with Gasteiger partial charge in [0.25, 0.3) is 0 Å². The van der Waals surface area contributed by atoms with E-state index in [2.05, 4.69) is 21.0 Å². The molecule has 1 atom stereocenters. The molecule has 1 aliphatic heterocycles.